The number of hydrogen-bond donors (Lipinski definition) is 2. The molecule has 3 aromatic rings. The van der Waals surface area contributed by atoms with E-state index in [-0.39, 0.29) is 0 Å². The maximum atomic E-state index is 5.40. The molecule has 1 saturated heterocycles. The van der Waals surface area contributed by atoms with Gasteiger partial charge in [-0.1, -0.05) is 6.07 Å². The number of nitrogens with one attached hydrogen (secondary N) is 2. The molecule has 0 aliphatic carbocycles. The van der Waals surface area contributed by atoms with Gasteiger partial charge in [-0.3, -0.25) is 9.88 Å². The lowest BCUT2D eigenvalue weighted by Gasteiger charge is -2.26. The number of pyridine rings is 1. The summed E-state index contributed by atoms with van der Waals surface area (Å²) in [5.41, 5.74) is 3.03. The van der Waals surface area contributed by atoms with E-state index in [1.54, 1.807) is 6.20 Å². The van der Waals surface area contributed by atoms with Crippen LogP contribution >= 0.6 is 0 Å². The van der Waals surface area contributed by atoms with E-state index in [1.807, 2.05) is 42.0 Å². The van der Waals surface area contributed by atoms with Gasteiger partial charge in [-0.05, 0) is 18.6 Å². The number of nitrogens with zero attached hydrogens (tertiary/aromatic N) is 5. The molecule has 1 aliphatic rings. The molecule has 27 heavy (non-hydrogen) atoms. The van der Waals surface area contributed by atoms with Crippen LogP contribution in [0, 0.1) is 6.92 Å². The molecule has 0 radical (unpaired) electrons. The van der Waals surface area contributed by atoms with Gasteiger partial charge in [0.25, 0.3) is 0 Å². The highest BCUT2D eigenvalue weighted by atomic mass is 16.5. The van der Waals surface area contributed by atoms with Gasteiger partial charge in [-0.15, -0.1) is 0 Å². The zero-order chi connectivity index (χ0) is 18.5. The van der Waals surface area contributed by atoms with Gasteiger partial charge in [-0.2, -0.15) is 9.61 Å². The third-order valence-electron chi connectivity index (χ3n) is 4.68. The Labute approximate surface area is 158 Å². The predicted molar refractivity (Wildman–Crippen MR) is 105 cm³/mol. The molecule has 1 fully saturated rings. The van der Waals surface area contributed by atoms with Crippen LogP contribution in [0.15, 0.2) is 36.8 Å². The van der Waals surface area contributed by atoms with Crippen molar-refractivity contribution in [2.75, 3.05) is 50.0 Å². The first-order valence-corrected chi connectivity index (χ1v) is 9.32. The first-order valence-electron chi connectivity index (χ1n) is 9.32. The molecule has 1 aliphatic heterocycles. The van der Waals surface area contributed by atoms with Crippen molar-refractivity contribution in [3.8, 4) is 0 Å². The van der Waals surface area contributed by atoms with Crippen LogP contribution in [0.3, 0.4) is 0 Å². The van der Waals surface area contributed by atoms with Crippen molar-refractivity contribution in [2.24, 2.45) is 0 Å². The van der Waals surface area contributed by atoms with E-state index in [9.17, 15) is 0 Å². The summed E-state index contributed by atoms with van der Waals surface area (Å²) in [6.45, 7) is 8.16. The normalized spacial score (nSPS) is 15.1. The molecule has 0 saturated carbocycles. The minimum atomic E-state index is 0.680. The van der Waals surface area contributed by atoms with Crippen LogP contribution in [0.1, 0.15) is 11.1 Å². The Bertz CT molecular complexity index is 874. The van der Waals surface area contributed by atoms with E-state index >= 15 is 0 Å². The molecular weight excluding hydrogens is 342 g/mol. The number of ether oxygens (including phenoxy) is 1. The lowest BCUT2D eigenvalue weighted by Crippen LogP contribution is -2.39. The van der Waals surface area contributed by atoms with Gasteiger partial charge in [0.05, 0.1) is 19.4 Å². The van der Waals surface area contributed by atoms with Crippen molar-refractivity contribution in [3.63, 3.8) is 0 Å². The zero-order valence-corrected chi connectivity index (χ0v) is 15.6. The van der Waals surface area contributed by atoms with Gasteiger partial charge < -0.3 is 15.4 Å². The summed E-state index contributed by atoms with van der Waals surface area (Å²) in [5.74, 6) is 1.76. The van der Waals surface area contributed by atoms with E-state index in [4.69, 9.17) is 9.72 Å². The predicted octanol–water partition coefficient (Wildman–Crippen LogP) is 1.79. The minimum absolute atomic E-state index is 0.680. The molecule has 0 amide bonds. The van der Waals surface area contributed by atoms with Crippen molar-refractivity contribution in [2.45, 2.75) is 13.5 Å². The number of hydrogen-bond acceptors (Lipinski definition) is 7. The Hall–Kier alpha value is -2.71. The summed E-state index contributed by atoms with van der Waals surface area (Å²) < 4.78 is 7.25. The van der Waals surface area contributed by atoms with E-state index in [0.717, 1.165) is 67.8 Å². The van der Waals surface area contributed by atoms with Gasteiger partial charge in [0.15, 0.2) is 5.65 Å². The highest BCUT2D eigenvalue weighted by Crippen LogP contribution is 2.19. The number of anilines is 2. The van der Waals surface area contributed by atoms with Crippen molar-refractivity contribution in [1.82, 2.24) is 24.5 Å². The standard InChI is InChI=1S/C19H25N7O/c1-15-12-23-26-18(22-14-16-3-2-4-20-13-16)11-17(24-19(15)26)21-5-6-25-7-9-27-10-8-25/h2-4,11-13,22H,5-10,14H2,1H3,(H,21,24). The van der Waals surface area contributed by atoms with E-state index < -0.39 is 0 Å². The number of aryl methyl sites for hydroxylation is 1. The van der Waals surface area contributed by atoms with Crippen LogP contribution in [0.2, 0.25) is 0 Å². The maximum absolute atomic E-state index is 5.40. The molecule has 142 valence electrons. The summed E-state index contributed by atoms with van der Waals surface area (Å²) in [6, 6.07) is 6.00. The smallest absolute Gasteiger partial charge is 0.162 e. The molecule has 0 bridgehead atoms. The average molecular weight is 367 g/mol. The van der Waals surface area contributed by atoms with Gasteiger partial charge >= 0.3 is 0 Å². The van der Waals surface area contributed by atoms with Crippen LogP contribution in [0.4, 0.5) is 11.6 Å². The highest BCUT2D eigenvalue weighted by Gasteiger charge is 2.11. The quantitative estimate of drug-likeness (QED) is 0.659. The third-order valence-corrected chi connectivity index (χ3v) is 4.68. The second-order valence-corrected chi connectivity index (χ2v) is 6.69. The first-order chi connectivity index (χ1) is 13.3. The highest BCUT2D eigenvalue weighted by molar-refractivity contribution is 5.59. The van der Waals surface area contributed by atoms with Crippen LogP contribution in [0.5, 0.6) is 0 Å². The Balaban J connectivity index is 1.46. The molecule has 0 aromatic carbocycles. The topological polar surface area (TPSA) is 79.6 Å². The number of aromatic nitrogens is 4. The van der Waals surface area contributed by atoms with Crippen LogP contribution < -0.4 is 10.6 Å². The molecule has 0 atom stereocenters. The second kappa shape index (κ2) is 8.32. The van der Waals surface area contributed by atoms with E-state index in [1.165, 1.54) is 0 Å². The zero-order valence-electron chi connectivity index (χ0n) is 15.6. The molecular formula is C19H25N7O. The fraction of sp³-hybridized carbons (Fsp3) is 0.421. The lowest BCUT2D eigenvalue weighted by molar-refractivity contribution is 0.0398. The lowest BCUT2D eigenvalue weighted by atomic mass is 10.3. The molecule has 0 unspecified atom stereocenters. The van der Waals surface area contributed by atoms with Crippen LogP contribution in [-0.4, -0.2) is 63.9 Å². The molecule has 0 spiro atoms. The van der Waals surface area contributed by atoms with Crippen LogP contribution in [-0.2, 0) is 11.3 Å². The largest absolute Gasteiger partial charge is 0.379 e. The summed E-state index contributed by atoms with van der Waals surface area (Å²) in [7, 11) is 0. The summed E-state index contributed by atoms with van der Waals surface area (Å²) >= 11 is 0. The molecule has 4 rings (SSSR count). The summed E-state index contributed by atoms with van der Waals surface area (Å²) in [4.78, 5) is 11.3. The third kappa shape index (κ3) is 4.35. The first kappa shape index (κ1) is 17.7. The fourth-order valence-corrected chi connectivity index (χ4v) is 3.15. The summed E-state index contributed by atoms with van der Waals surface area (Å²) in [5, 5.41) is 11.4. The molecule has 8 heteroatoms. The average Bonchev–Trinajstić information content (AvgIpc) is 3.09. The maximum Gasteiger partial charge on any atom is 0.162 e. The van der Waals surface area contributed by atoms with Crippen molar-refractivity contribution >= 4 is 17.3 Å². The fourth-order valence-electron chi connectivity index (χ4n) is 3.15. The SMILES string of the molecule is Cc1cnn2c(NCc3cccnc3)cc(NCCN3CCOCC3)nc12. The van der Waals surface area contributed by atoms with Crippen LogP contribution in [0.25, 0.3) is 5.65 Å². The molecule has 4 heterocycles. The van der Waals surface area contributed by atoms with Gasteiger partial charge in [0.1, 0.15) is 11.6 Å². The molecule has 8 nitrogen and oxygen atoms in total. The van der Waals surface area contributed by atoms with Crippen molar-refractivity contribution < 1.29 is 4.74 Å². The molecule has 3 aromatic heterocycles. The number of fused-ring (bicyclic) bond motifs is 1. The van der Waals surface area contributed by atoms with Crippen molar-refractivity contribution in [3.05, 3.63) is 47.9 Å². The number of rotatable bonds is 7. The van der Waals surface area contributed by atoms with Crippen molar-refractivity contribution in [1.29, 1.82) is 0 Å². The van der Waals surface area contributed by atoms with Gasteiger partial charge in [0, 0.05) is 56.7 Å². The van der Waals surface area contributed by atoms with Gasteiger partial charge in [0.2, 0.25) is 0 Å². The van der Waals surface area contributed by atoms with E-state index in [2.05, 4.69) is 25.6 Å². The Kier molecular flexibility index (Phi) is 5.45. The van der Waals surface area contributed by atoms with Gasteiger partial charge in [-0.25, -0.2) is 4.98 Å². The molecule has 2 N–H and O–H groups in total. The monoisotopic (exact) mass is 367 g/mol. The summed E-state index contributed by atoms with van der Waals surface area (Å²) in [6.07, 6.45) is 5.48. The van der Waals surface area contributed by atoms with E-state index in [0.29, 0.717) is 6.54 Å². The Morgan fingerprint density at radius 2 is 2.07 bits per heavy atom. The Morgan fingerprint density at radius 3 is 2.89 bits per heavy atom. The minimum Gasteiger partial charge on any atom is -0.379 e. The second-order valence-electron chi connectivity index (χ2n) is 6.69. The number of morpholine rings is 1. The Morgan fingerprint density at radius 1 is 1.19 bits per heavy atom.